The van der Waals surface area contributed by atoms with Gasteiger partial charge in [-0.1, -0.05) is 0 Å². The minimum atomic E-state index is -0.297. The lowest BCUT2D eigenvalue weighted by Crippen LogP contribution is -2.16. The maximum Gasteiger partial charge on any atom is 0.127 e. The number of halogens is 1. The molecule has 2 nitrogen and oxygen atoms in total. The number of thioether (sulfide) groups is 1. The van der Waals surface area contributed by atoms with E-state index in [4.69, 9.17) is 5.73 Å². The third-order valence-corrected chi connectivity index (χ3v) is 2.73. The molecule has 84 valence electrons. The molecule has 15 heavy (non-hydrogen) atoms. The topological polar surface area (TPSA) is 38.0 Å². The summed E-state index contributed by atoms with van der Waals surface area (Å²) in [6.45, 7) is 2.08. The van der Waals surface area contributed by atoms with Gasteiger partial charge in [-0.25, -0.2) is 4.39 Å². The smallest absolute Gasteiger partial charge is 0.127 e. The zero-order valence-electron chi connectivity index (χ0n) is 9.09. The molecule has 1 atom stereocenters. The summed E-state index contributed by atoms with van der Waals surface area (Å²) in [6.07, 6.45) is 3.13. The van der Waals surface area contributed by atoms with Crippen LogP contribution in [0.3, 0.4) is 0 Å². The highest BCUT2D eigenvalue weighted by Gasteiger charge is 2.03. The second kappa shape index (κ2) is 5.85. The normalized spacial score (nSPS) is 12.5. The molecule has 0 aliphatic rings. The van der Waals surface area contributed by atoms with Crippen molar-refractivity contribution in [2.24, 2.45) is 0 Å². The van der Waals surface area contributed by atoms with Crippen LogP contribution in [0.5, 0.6) is 0 Å². The molecule has 0 aliphatic carbocycles. The minimum Gasteiger partial charge on any atom is -0.399 e. The summed E-state index contributed by atoms with van der Waals surface area (Å²) >= 11 is 1.81. The summed E-state index contributed by atoms with van der Waals surface area (Å²) in [6, 6.07) is 4.86. The van der Waals surface area contributed by atoms with Crippen molar-refractivity contribution in [2.45, 2.75) is 19.4 Å². The minimum absolute atomic E-state index is 0.297. The second-order valence-corrected chi connectivity index (χ2v) is 4.59. The van der Waals surface area contributed by atoms with Crippen molar-refractivity contribution in [3.05, 3.63) is 24.0 Å². The first kappa shape index (κ1) is 12.2. The monoisotopic (exact) mass is 228 g/mol. The van der Waals surface area contributed by atoms with Crippen molar-refractivity contribution >= 4 is 23.1 Å². The Morgan fingerprint density at radius 1 is 1.47 bits per heavy atom. The predicted octanol–water partition coefficient (Wildman–Crippen LogP) is 2.96. The number of anilines is 2. The Kier molecular flexibility index (Phi) is 4.75. The van der Waals surface area contributed by atoms with E-state index in [0.29, 0.717) is 11.7 Å². The zero-order chi connectivity index (χ0) is 11.3. The van der Waals surface area contributed by atoms with Gasteiger partial charge >= 0.3 is 0 Å². The highest BCUT2D eigenvalue weighted by Crippen LogP contribution is 2.17. The maximum atomic E-state index is 13.0. The maximum absolute atomic E-state index is 13.0. The number of hydrogen-bond acceptors (Lipinski definition) is 3. The Morgan fingerprint density at radius 2 is 2.20 bits per heavy atom. The molecular weight excluding hydrogens is 211 g/mol. The van der Waals surface area contributed by atoms with Gasteiger partial charge in [0, 0.05) is 17.4 Å². The zero-order valence-corrected chi connectivity index (χ0v) is 9.90. The van der Waals surface area contributed by atoms with Crippen molar-refractivity contribution in [1.82, 2.24) is 0 Å². The largest absolute Gasteiger partial charge is 0.399 e. The molecular formula is C11H17FN2S. The molecule has 0 heterocycles. The molecule has 4 heteroatoms. The van der Waals surface area contributed by atoms with Crippen molar-refractivity contribution in [1.29, 1.82) is 0 Å². The molecule has 0 saturated heterocycles. The molecule has 0 spiro atoms. The predicted molar refractivity (Wildman–Crippen MR) is 66.9 cm³/mol. The van der Waals surface area contributed by atoms with Crippen LogP contribution < -0.4 is 11.1 Å². The Balaban J connectivity index is 2.56. The fourth-order valence-corrected chi connectivity index (χ4v) is 1.94. The number of nitrogen functional groups attached to an aromatic ring is 1. The van der Waals surface area contributed by atoms with Crippen LogP contribution >= 0.6 is 11.8 Å². The molecule has 0 bridgehead atoms. The molecule has 0 fully saturated rings. The van der Waals surface area contributed by atoms with Crippen LogP contribution in [0.2, 0.25) is 0 Å². The summed E-state index contributed by atoms with van der Waals surface area (Å²) in [5, 5.41) is 3.22. The van der Waals surface area contributed by atoms with Crippen molar-refractivity contribution < 1.29 is 4.39 Å². The Bertz CT molecular complexity index is 297. The van der Waals surface area contributed by atoms with Gasteiger partial charge < -0.3 is 11.1 Å². The SMILES string of the molecule is CSCCC(C)Nc1cc(N)cc(F)c1. The van der Waals surface area contributed by atoms with E-state index in [-0.39, 0.29) is 5.82 Å². The van der Waals surface area contributed by atoms with Gasteiger partial charge in [0.05, 0.1) is 0 Å². The van der Waals surface area contributed by atoms with Crippen LogP contribution in [-0.2, 0) is 0 Å². The standard InChI is InChI=1S/C11H17FN2S/c1-8(3-4-15-2)14-11-6-9(12)5-10(13)7-11/h5-8,14H,3-4,13H2,1-2H3. The van der Waals surface area contributed by atoms with Crippen molar-refractivity contribution in [3.63, 3.8) is 0 Å². The fraction of sp³-hybridized carbons (Fsp3) is 0.455. The number of nitrogens with one attached hydrogen (secondary N) is 1. The first-order valence-electron chi connectivity index (χ1n) is 4.93. The van der Waals surface area contributed by atoms with Crippen LogP contribution in [0.1, 0.15) is 13.3 Å². The lowest BCUT2D eigenvalue weighted by molar-refractivity contribution is 0.628. The molecule has 1 unspecified atom stereocenters. The third-order valence-electron chi connectivity index (χ3n) is 2.09. The van der Waals surface area contributed by atoms with E-state index in [1.807, 2.05) is 11.8 Å². The average molecular weight is 228 g/mol. The van der Waals surface area contributed by atoms with Gasteiger partial charge in [0.1, 0.15) is 5.82 Å². The second-order valence-electron chi connectivity index (χ2n) is 3.60. The molecule has 1 aromatic carbocycles. The Morgan fingerprint density at radius 3 is 2.80 bits per heavy atom. The van der Waals surface area contributed by atoms with E-state index in [9.17, 15) is 4.39 Å². The molecule has 1 rings (SSSR count). The van der Waals surface area contributed by atoms with Crippen LogP contribution in [0.4, 0.5) is 15.8 Å². The summed E-state index contributed by atoms with van der Waals surface area (Å²) < 4.78 is 13.0. The highest BCUT2D eigenvalue weighted by atomic mass is 32.2. The van der Waals surface area contributed by atoms with E-state index >= 15 is 0 Å². The lowest BCUT2D eigenvalue weighted by Gasteiger charge is -2.15. The van der Waals surface area contributed by atoms with E-state index < -0.39 is 0 Å². The quantitative estimate of drug-likeness (QED) is 0.761. The van der Waals surface area contributed by atoms with E-state index in [1.54, 1.807) is 6.07 Å². The number of benzene rings is 1. The van der Waals surface area contributed by atoms with Gasteiger partial charge in [-0.15, -0.1) is 0 Å². The highest BCUT2D eigenvalue weighted by molar-refractivity contribution is 7.98. The molecule has 0 radical (unpaired) electrons. The van der Waals surface area contributed by atoms with Gasteiger partial charge in [0.25, 0.3) is 0 Å². The first-order chi connectivity index (χ1) is 7.11. The van der Waals surface area contributed by atoms with Gasteiger partial charge in [-0.2, -0.15) is 11.8 Å². The van der Waals surface area contributed by atoms with Crippen LogP contribution in [0, 0.1) is 5.82 Å². The van der Waals surface area contributed by atoms with Gasteiger partial charge in [0.15, 0.2) is 0 Å². The van der Waals surface area contributed by atoms with Gasteiger partial charge in [0.2, 0.25) is 0 Å². The molecule has 0 amide bonds. The van der Waals surface area contributed by atoms with Gasteiger partial charge in [-0.3, -0.25) is 0 Å². The number of hydrogen-bond donors (Lipinski definition) is 2. The first-order valence-corrected chi connectivity index (χ1v) is 6.32. The summed E-state index contributed by atoms with van der Waals surface area (Å²) in [4.78, 5) is 0. The molecule has 1 aromatic rings. The molecule has 0 saturated carbocycles. The summed E-state index contributed by atoms with van der Waals surface area (Å²) in [5.41, 5.74) is 6.76. The Hall–Kier alpha value is -0.900. The Labute approximate surface area is 94.4 Å². The number of rotatable bonds is 5. The van der Waals surface area contributed by atoms with Crippen LogP contribution in [0.25, 0.3) is 0 Å². The third kappa shape index (κ3) is 4.42. The van der Waals surface area contributed by atoms with Crippen LogP contribution in [-0.4, -0.2) is 18.1 Å². The van der Waals surface area contributed by atoms with Gasteiger partial charge in [-0.05, 0) is 43.6 Å². The van der Waals surface area contributed by atoms with E-state index in [2.05, 4.69) is 18.5 Å². The summed E-state index contributed by atoms with van der Waals surface area (Å²) in [7, 11) is 0. The fourth-order valence-electron chi connectivity index (χ4n) is 1.35. The van der Waals surface area contributed by atoms with Crippen molar-refractivity contribution in [3.8, 4) is 0 Å². The lowest BCUT2D eigenvalue weighted by atomic mass is 10.2. The van der Waals surface area contributed by atoms with Crippen LogP contribution in [0.15, 0.2) is 18.2 Å². The molecule has 0 aliphatic heterocycles. The molecule has 3 N–H and O–H groups in total. The van der Waals surface area contributed by atoms with E-state index in [0.717, 1.165) is 17.9 Å². The van der Waals surface area contributed by atoms with E-state index in [1.165, 1.54) is 12.1 Å². The molecule has 0 aromatic heterocycles. The van der Waals surface area contributed by atoms with Crippen molar-refractivity contribution in [2.75, 3.05) is 23.1 Å². The average Bonchev–Trinajstić information content (AvgIpc) is 2.13. The summed E-state index contributed by atoms with van der Waals surface area (Å²) in [5.74, 6) is 0.799. The number of nitrogens with two attached hydrogens (primary N) is 1.